The Morgan fingerprint density at radius 1 is 1.24 bits per heavy atom. The predicted octanol–water partition coefficient (Wildman–Crippen LogP) is 1.93. The van der Waals surface area contributed by atoms with Crippen molar-refractivity contribution < 1.29 is 14.6 Å². The average Bonchev–Trinajstić information content (AvgIpc) is 2.68. The van der Waals surface area contributed by atoms with Gasteiger partial charge in [-0.2, -0.15) is 0 Å². The molecule has 1 aliphatic heterocycles. The Balaban J connectivity index is 2.10. The van der Waals surface area contributed by atoms with Crippen LogP contribution >= 0.6 is 0 Å². The minimum Gasteiger partial charge on any atom is -0.480 e. The maximum Gasteiger partial charge on any atom is 0.324 e. The Labute approximate surface area is 103 Å². The number of aliphatic carboxylic acids is 1. The molecule has 0 aromatic carbocycles. The van der Waals surface area contributed by atoms with Gasteiger partial charge in [0, 0.05) is 18.9 Å². The maximum absolute atomic E-state index is 11.6. The molecule has 17 heavy (non-hydrogen) atoms. The summed E-state index contributed by atoms with van der Waals surface area (Å²) < 4.78 is 5.65. The first-order chi connectivity index (χ1) is 8.02. The van der Waals surface area contributed by atoms with Crippen molar-refractivity contribution in [2.24, 2.45) is 0 Å². The highest BCUT2D eigenvalue weighted by atomic mass is 16.5. The second-order valence-electron chi connectivity index (χ2n) is 5.68. The molecule has 0 aromatic rings. The summed E-state index contributed by atoms with van der Waals surface area (Å²) in [4.78, 5) is 11.6. The van der Waals surface area contributed by atoms with Crippen LogP contribution < -0.4 is 5.32 Å². The smallest absolute Gasteiger partial charge is 0.324 e. The number of carbonyl (C=O) groups is 1. The fourth-order valence-corrected chi connectivity index (χ4v) is 3.37. The van der Waals surface area contributed by atoms with E-state index in [2.05, 4.69) is 5.32 Å². The van der Waals surface area contributed by atoms with E-state index in [0.29, 0.717) is 18.9 Å². The third-order valence-corrected chi connectivity index (χ3v) is 3.98. The van der Waals surface area contributed by atoms with Crippen molar-refractivity contribution in [1.82, 2.24) is 5.32 Å². The van der Waals surface area contributed by atoms with Crippen molar-refractivity contribution >= 4 is 5.97 Å². The van der Waals surface area contributed by atoms with Crippen LogP contribution in [-0.4, -0.2) is 34.9 Å². The van der Waals surface area contributed by atoms with Gasteiger partial charge in [0.15, 0.2) is 0 Å². The number of nitrogens with one attached hydrogen (secondary N) is 1. The number of hydrogen-bond acceptors (Lipinski definition) is 3. The summed E-state index contributed by atoms with van der Waals surface area (Å²) in [5.74, 6) is -0.716. The number of carboxylic acids is 1. The molecule has 2 N–H and O–H groups in total. The van der Waals surface area contributed by atoms with Crippen LogP contribution in [0, 0.1) is 0 Å². The van der Waals surface area contributed by atoms with Gasteiger partial charge in [-0.3, -0.25) is 10.1 Å². The van der Waals surface area contributed by atoms with Crippen molar-refractivity contribution in [2.75, 3.05) is 0 Å². The van der Waals surface area contributed by atoms with E-state index in [9.17, 15) is 9.90 Å². The molecule has 0 spiro atoms. The van der Waals surface area contributed by atoms with Gasteiger partial charge < -0.3 is 9.84 Å². The van der Waals surface area contributed by atoms with Gasteiger partial charge in [0.1, 0.15) is 5.54 Å². The van der Waals surface area contributed by atoms with Crippen molar-refractivity contribution in [3.8, 4) is 0 Å². The number of ether oxygens (including phenoxy) is 1. The molecule has 0 aromatic heterocycles. The van der Waals surface area contributed by atoms with E-state index in [1.807, 2.05) is 13.8 Å². The van der Waals surface area contributed by atoms with Gasteiger partial charge in [-0.15, -0.1) is 0 Å². The molecule has 0 bridgehead atoms. The van der Waals surface area contributed by atoms with Crippen molar-refractivity contribution in [3.05, 3.63) is 0 Å². The zero-order valence-corrected chi connectivity index (χ0v) is 10.7. The highest BCUT2D eigenvalue weighted by Crippen LogP contribution is 2.32. The fourth-order valence-electron chi connectivity index (χ4n) is 3.37. The molecule has 1 aliphatic carbocycles. The van der Waals surface area contributed by atoms with Crippen LogP contribution in [0.5, 0.6) is 0 Å². The minimum absolute atomic E-state index is 0.0174. The van der Waals surface area contributed by atoms with E-state index >= 15 is 0 Å². The lowest BCUT2D eigenvalue weighted by Gasteiger charge is -2.42. The van der Waals surface area contributed by atoms with Crippen LogP contribution in [0.2, 0.25) is 0 Å². The summed E-state index contributed by atoms with van der Waals surface area (Å²) in [7, 11) is 0. The molecule has 4 heteroatoms. The molecule has 2 fully saturated rings. The molecule has 0 amide bonds. The Morgan fingerprint density at radius 3 is 2.24 bits per heavy atom. The van der Waals surface area contributed by atoms with Crippen molar-refractivity contribution in [3.63, 3.8) is 0 Å². The van der Waals surface area contributed by atoms with E-state index in [0.717, 1.165) is 12.8 Å². The molecule has 2 atom stereocenters. The average molecular weight is 241 g/mol. The second-order valence-corrected chi connectivity index (χ2v) is 5.68. The lowest BCUT2D eigenvalue weighted by atomic mass is 9.83. The number of rotatable bonds is 3. The summed E-state index contributed by atoms with van der Waals surface area (Å²) in [6, 6.07) is 0.378. The molecule has 4 nitrogen and oxygen atoms in total. The highest BCUT2D eigenvalue weighted by molar-refractivity contribution is 5.79. The predicted molar refractivity (Wildman–Crippen MR) is 65.0 cm³/mol. The normalized spacial score (nSPS) is 39.4. The van der Waals surface area contributed by atoms with Gasteiger partial charge in [-0.05, 0) is 26.7 Å². The van der Waals surface area contributed by atoms with Crippen LogP contribution in [0.4, 0.5) is 0 Å². The zero-order chi connectivity index (χ0) is 12.5. The number of carboxylic acid groups (broad SMARTS) is 1. The molecule has 2 aliphatic rings. The molecule has 98 valence electrons. The minimum atomic E-state index is -0.772. The molecule has 0 radical (unpaired) electrons. The van der Waals surface area contributed by atoms with E-state index in [1.165, 1.54) is 12.8 Å². The molecular formula is C13H23NO3. The largest absolute Gasteiger partial charge is 0.480 e. The first-order valence-electron chi connectivity index (χ1n) is 6.68. The van der Waals surface area contributed by atoms with Crippen LogP contribution in [0.15, 0.2) is 0 Å². The Morgan fingerprint density at radius 2 is 1.76 bits per heavy atom. The van der Waals surface area contributed by atoms with E-state index in [4.69, 9.17) is 4.74 Å². The second kappa shape index (κ2) is 4.94. The summed E-state index contributed by atoms with van der Waals surface area (Å²) in [5.41, 5.74) is -0.772. The van der Waals surface area contributed by atoms with E-state index in [1.54, 1.807) is 0 Å². The molecular weight excluding hydrogens is 218 g/mol. The van der Waals surface area contributed by atoms with Gasteiger partial charge in [0.2, 0.25) is 0 Å². The van der Waals surface area contributed by atoms with E-state index in [-0.39, 0.29) is 12.2 Å². The summed E-state index contributed by atoms with van der Waals surface area (Å²) in [6.07, 6.45) is 5.83. The van der Waals surface area contributed by atoms with Gasteiger partial charge in [0.05, 0.1) is 12.2 Å². The Kier molecular flexibility index (Phi) is 3.73. The first-order valence-corrected chi connectivity index (χ1v) is 6.68. The standard InChI is InChI=1S/C13H23NO3/c1-9-7-13(12(15)16,8-10(2)17-9)14-11-5-3-4-6-11/h9-11,14H,3-8H2,1-2H3,(H,15,16). The lowest BCUT2D eigenvalue weighted by molar-refractivity contribution is -0.156. The molecule has 1 saturated carbocycles. The molecule has 2 unspecified atom stereocenters. The van der Waals surface area contributed by atoms with Gasteiger partial charge in [-0.25, -0.2) is 0 Å². The monoisotopic (exact) mass is 241 g/mol. The Bertz CT molecular complexity index is 276. The van der Waals surface area contributed by atoms with Crippen molar-refractivity contribution in [1.29, 1.82) is 0 Å². The van der Waals surface area contributed by atoms with Crippen molar-refractivity contribution in [2.45, 2.75) is 76.2 Å². The third-order valence-electron chi connectivity index (χ3n) is 3.98. The van der Waals surface area contributed by atoms with Crippen LogP contribution in [0.25, 0.3) is 0 Å². The topological polar surface area (TPSA) is 58.6 Å². The molecule has 1 saturated heterocycles. The Hall–Kier alpha value is -0.610. The van der Waals surface area contributed by atoms with E-state index < -0.39 is 11.5 Å². The fraction of sp³-hybridized carbons (Fsp3) is 0.923. The summed E-state index contributed by atoms with van der Waals surface area (Å²) in [5, 5.41) is 13.0. The van der Waals surface area contributed by atoms with Gasteiger partial charge in [-0.1, -0.05) is 12.8 Å². The lowest BCUT2D eigenvalue weighted by Crippen LogP contribution is -2.61. The first kappa shape index (κ1) is 12.8. The highest BCUT2D eigenvalue weighted by Gasteiger charge is 2.46. The van der Waals surface area contributed by atoms with Gasteiger partial charge in [0.25, 0.3) is 0 Å². The maximum atomic E-state index is 11.6. The quantitative estimate of drug-likeness (QED) is 0.792. The summed E-state index contributed by atoms with van der Waals surface area (Å²) >= 11 is 0. The SMILES string of the molecule is CC1CC(NC2CCCC2)(C(=O)O)CC(C)O1. The zero-order valence-electron chi connectivity index (χ0n) is 10.7. The third kappa shape index (κ3) is 2.80. The summed E-state index contributed by atoms with van der Waals surface area (Å²) in [6.45, 7) is 3.92. The van der Waals surface area contributed by atoms with Crippen LogP contribution in [-0.2, 0) is 9.53 Å². The van der Waals surface area contributed by atoms with Gasteiger partial charge >= 0.3 is 5.97 Å². The molecule has 1 heterocycles. The number of hydrogen-bond donors (Lipinski definition) is 2. The van der Waals surface area contributed by atoms with Crippen LogP contribution in [0.3, 0.4) is 0 Å². The van der Waals surface area contributed by atoms with Crippen LogP contribution in [0.1, 0.15) is 52.4 Å². The molecule has 2 rings (SSSR count).